The lowest BCUT2D eigenvalue weighted by Crippen LogP contribution is -2.30. The average molecular weight is 337 g/mol. The molecule has 0 aliphatic heterocycles. The van der Waals surface area contributed by atoms with Crippen molar-refractivity contribution in [3.8, 4) is 0 Å². The number of hydrogen-bond donors (Lipinski definition) is 1. The molecule has 6 nitrogen and oxygen atoms in total. The normalized spacial score (nSPS) is 13.3. The highest BCUT2D eigenvalue weighted by Gasteiger charge is 2.31. The third-order valence-electron chi connectivity index (χ3n) is 3.92. The van der Waals surface area contributed by atoms with E-state index in [1.807, 2.05) is 31.2 Å². The van der Waals surface area contributed by atoms with E-state index in [1.54, 1.807) is 6.92 Å². The number of aromatic carboxylic acids is 1. The third kappa shape index (κ3) is 3.16. The molecule has 23 heavy (non-hydrogen) atoms. The molecule has 2 rings (SSSR count). The van der Waals surface area contributed by atoms with Crippen LogP contribution >= 0.6 is 0 Å². The zero-order chi connectivity index (χ0) is 17.4. The SMILES string of the molecule is Cc1ccccc1[C@@H](C)N(C)S(=O)(=O)c1cc(C(=O)O)oc1C. The predicted octanol–water partition coefficient (Wildman–Crippen LogP) is 2.98. The quantitative estimate of drug-likeness (QED) is 0.906. The first-order chi connectivity index (χ1) is 10.7. The van der Waals surface area contributed by atoms with Gasteiger partial charge >= 0.3 is 5.97 Å². The molecule has 0 fully saturated rings. The summed E-state index contributed by atoms with van der Waals surface area (Å²) in [6.07, 6.45) is 0. The van der Waals surface area contributed by atoms with Crippen molar-refractivity contribution in [1.82, 2.24) is 4.31 Å². The van der Waals surface area contributed by atoms with Crippen molar-refractivity contribution in [2.75, 3.05) is 7.05 Å². The molecule has 0 radical (unpaired) electrons. The molecule has 1 heterocycles. The van der Waals surface area contributed by atoms with Crippen LogP contribution in [0.3, 0.4) is 0 Å². The summed E-state index contributed by atoms with van der Waals surface area (Å²) in [5.74, 6) is -1.63. The van der Waals surface area contributed by atoms with Gasteiger partial charge in [0.25, 0.3) is 0 Å². The number of carbonyl (C=O) groups is 1. The van der Waals surface area contributed by atoms with Crippen LogP contribution in [0.1, 0.15) is 40.4 Å². The van der Waals surface area contributed by atoms with Gasteiger partial charge in [0.1, 0.15) is 10.7 Å². The smallest absolute Gasteiger partial charge is 0.371 e. The monoisotopic (exact) mass is 337 g/mol. The lowest BCUT2D eigenvalue weighted by molar-refractivity contribution is 0.0661. The van der Waals surface area contributed by atoms with Crippen LogP contribution in [0.2, 0.25) is 0 Å². The Morgan fingerprint density at radius 3 is 2.39 bits per heavy atom. The van der Waals surface area contributed by atoms with E-state index in [0.29, 0.717) is 0 Å². The predicted molar refractivity (Wildman–Crippen MR) is 84.9 cm³/mol. The van der Waals surface area contributed by atoms with Crippen molar-refractivity contribution in [2.24, 2.45) is 0 Å². The summed E-state index contributed by atoms with van der Waals surface area (Å²) in [5, 5.41) is 8.95. The second-order valence-electron chi connectivity index (χ2n) is 5.39. The highest BCUT2D eigenvalue weighted by atomic mass is 32.2. The summed E-state index contributed by atoms with van der Waals surface area (Å²) in [4.78, 5) is 10.8. The summed E-state index contributed by atoms with van der Waals surface area (Å²) in [7, 11) is -2.40. The van der Waals surface area contributed by atoms with Gasteiger partial charge in [-0.25, -0.2) is 13.2 Å². The first-order valence-corrected chi connectivity index (χ1v) is 8.47. The van der Waals surface area contributed by atoms with E-state index in [0.717, 1.165) is 17.2 Å². The van der Waals surface area contributed by atoms with Crippen LogP contribution < -0.4 is 0 Å². The Hall–Kier alpha value is -2.12. The van der Waals surface area contributed by atoms with Crippen LogP contribution in [-0.2, 0) is 10.0 Å². The Morgan fingerprint density at radius 1 is 1.26 bits per heavy atom. The molecule has 0 aliphatic rings. The van der Waals surface area contributed by atoms with Gasteiger partial charge in [-0.15, -0.1) is 0 Å². The molecular formula is C16H19NO5S. The maximum Gasteiger partial charge on any atom is 0.371 e. The fourth-order valence-electron chi connectivity index (χ4n) is 2.44. The van der Waals surface area contributed by atoms with Crippen molar-refractivity contribution in [3.05, 3.63) is 53.0 Å². The number of furan rings is 1. The molecule has 2 aromatic rings. The van der Waals surface area contributed by atoms with Gasteiger partial charge in [0.05, 0.1) is 0 Å². The molecule has 0 bridgehead atoms. The van der Waals surface area contributed by atoms with E-state index in [1.165, 1.54) is 18.3 Å². The van der Waals surface area contributed by atoms with Gasteiger partial charge in [0.2, 0.25) is 15.8 Å². The van der Waals surface area contributed by atoms with Gasteiger partial charge in [-0.3, -0.25) is 0 Å². The molecule has 1 atom stereocenters. The minimum atomic E-state index is -3.87. The Balaban J connectivity index is 2.43. The van der Waals surface area contributed by atoms with E-state index >= 15 is 0 Å². The average Bonchev–Trinajstić information content (AvgIpc) is 2.89. The molecular weight excluding hydrogens is 318 g/mol. The van der Waals surface area contributed by atoms with Crippen LogP contribution in [0, 0.1) is 13.8 Å². The molecule has 124 valence electrons. The van der Waals surface area contributed by atoms with Gasteiger partial charge in [-0.05, 0) is 31.9 Å². The molecule has 1 aromatic carbocycles. The largest absolute Gasteiger partial charge is 0.475 e. The van der Waals surface area contributed by atoms with E-state index < -0.39 is 27.8 Å². The summed E-state index contributed by atoms with van der Waals surface area (Å²) in [6.45, 7) is 5.14. The molecule has 7 heteroatoms. The van der Waals surface area contributed by atoms with Crippen molar-refractivity contribution >= 4 is 16.0 Å². The lowest BCUT2D eigenvalue weighted by Gasteiger charge is -2.25. The maximum absolute atomic E-state index is 12.8. The number of rotatable bonds is 5. The molecule has 0 unspecified atom stereocenters. The second kappa shape index (κ2) is 6.17. The Morgan fingerprint density at radius 2 is 1.87 bits per heavy atom. The highest BCUT2D eigenvalue weighted by molar-refractivity contribution is 7.89. The van der Waals surface area contributed by atoms with Gasteiger partial charge in [-0.2, -0.15) is 4.31 Å². The zero-order valence-electron chi connectivity index (χ0n) is 13.4. The molecule has 0 aliphatic carbocycles. The minimum Gasteiger partial charge on any atom is -0.475 e. The van der Waals surface area contributed by atoms with Crippen LogP contribution in [0.5, 0.6) is 0 Å². The molecule has 0 saturated heterocycles. The number of aryl methyl sites for hydroxylation is 2. The minimum absolute atomic E-state index is 0.0613. The number of sulfonamides is 1. The van der Waals surface area contributed by atoms with E-state index in [9.17, 15) is 13.2 Å². The van der Waals surface area contributed by atoms with Crippen LogP contribution in [0.4, 0.5) is 0 Å². The van der Waals surface area contributed by atoms with Crippen molar-refractivity contribution in [2.45, 2.75) is 31.7 Å². The summed E-state index contributed by atoms with van der Waals surface area (Å²) in [6, 6.07) is 8.18. The standard InChI is InChI=1S/C16H19NO5S/c1-10-7-5-6-8-13(10)11(2)17(4)23(20,21)15-9-14(16(18)19)22-12(15)3/h5-9,11H,1-4H3,(H,18,19)/t11-/m1/s1. The van der Waals surface area contributed by atoms with E-state index in [2.05, 4.69) is 0 Å². The highest BCUT2D eigenvalue weighted by Crippen LogP contribution is 2.30. The Labute approximate surface area is 135 Å². The zero-order valence-corrected chi connectivity index (χ0v) is 14.2. The molecule has 1 aromatic heterocycles. The first kappa shape index (κ1) is 17.2. The topological polar surface area (TPSA) is 87.8 Å². The third-order valence-corrected chi connectivity index (χ3v) is 5.96. The van der Waals surface area contributed by atoms with Crippen molar-refractivity contribution in [3.63, 3.8) is 0 Å². The van der Waals surface area contributed by atoms with Crippen LogP contribution in [0.15, 0.2) is 39.6 Å². The summed E-state index contributed by atoms with van der Waals surface area (Å²) in [5.41, 5.74) is 1.87. The molecule has 1 N–H and O–H groups in total. The number of benzene rings is 1. The fraction of sp³-hybridized carbons (Fsp3) is 0.312. The Kier molecular flexibility index (Phi) is 4.63. The van der Waals surface area contributed by atoms with Gasteiger partial charge in [-0.1, -0.05) is 24.3 Å². The Bertz CT molecular complexity index is 838. The number of hydrogen-bond acceptors (Lipinski definition) is 4. The first-order valence-electron chi connectivity index (χ1n) is 7.03. The fourth-order valence-corrected chi connectivity index (χ4v) is 3.94. The van der Waals surface area contributed by atoms with Gasteiger partial charge < -0.3 is 9.52 Å². The van der Waals surface area contributed by atoms with Gasteiger partial charge in [0.15, 0.2) is 0 Å². The number of nitrogens with zero attached hydrogens (tertiary/aromatic N) is 1. The van der Waals surface area contributed by atoms with Gasteiger partial charge in [0, 0.05) is 19.2 Å². The summed E-state index contributed by atoms with van der Waals surface area (Å²) < 4.78 is 31.8. The maximum atomic E-state index is 12.8. The van der Waals surface area contributed by atoms with E-state index in [4.69, 9.17) is 9.52 Å². The van der Waals surface area contributed by atoms with E-state index in [-0.39, 0.29) is 10.7 Å². The molecule has 0 spiro atoms. The lowest BCUT2D eigenvalue weighted by atomic mass is 10.0. The number of carboxylic acids is 1. The molecule has 0 saturated carbocycles. The summed E-state index contributed by atoms with van der Waals surface area (Å²) >= 11 is 0. The van der Waals surface area contributed by atoms with Crippen LogP contribution in [-0.4, -0.2) is 30.8 Å². The van der Waals surface area contributed by atoms with Crippen LogP contribution in [0.25, 0.3) is 0 Å². The van der Waals surface area contributed by atoms with Crippen molar-refractivity contribution < 1.29 is 22.7 Å². The second-order valence-corrected chi connectivity index (χ2v) is 7.36. The molecule has 0 amide bonds. The van der Waals surface area contributed by atoms with Crippen molar-refractivity contribution in [1.29, 1.82) is 0 Å². The number of carboxylic acid groups (broad SMARTS) is 1.